The quantitative estimate of drug-likeness (QED) is 0.736. The van der Waals surface area contributed by atoms with Gasteiger partial charge in [0.05, 0.1) is 0 Å². The molecular formula is C21H23N3O4. The van der Waals surface area contributed by atoms with Crippen molar-refractivity contribution in [1.82, 2.24) is 0 Å². The van der Waals surface area contributed by atoms with E-state index in [0.717, 1.165) is 29.7 Å². The molecule has 1 aliphatic heterocycles. The van der Waals surface area contributed by atoms with Gasteiger partial charge in [-0.2, -0.15) is 0 Å². The Hall–Kier alpha value is -3.35. The van der Waals surface area contributed by atoms with Crippen LogP contribution in [0.5, 0.6) is 0 Å². The van der Waals surface area contributed by atoms with Crippen LogP contribution in [0.15, 0.2) is 42.5 Å². The Morgan fingerprint density at radius 1 is 1.07 bits per heavy atom. The molecule has 28 heavy (non-hydrogen) atoms. The fraction of sp³-hybridized carbons (Fsp3) is 0.286. The average molecular weight is 381 g/mol. The third-order valence-electron chi connectivity index (χ3n) is 4.65. The van der Waals surface area contributed by atoms with Crippen molar-refractivity contribution < 1.29 is 19.5 Å². The van der Waals surface area contributed by atoms with Gasteiger partial charge in [-0.3, -0.25) is 9.59 Å². The number of carboxylic acids is 1. The van der Waals surface area contributed by atoms with Crippen molar-refractivity contribution in [1.29, 1.82) is 0 Å². The third-order valence-corrected chi connectivity index (χ3v) is 4.65. The number of carbonyl (C=O) groups is 3. The van der Waals surface area contributed by atoms with Crippen molar-refractivity contribution in [3.05, 3.63) is 53.6 Å². The molecule has 0 aliphatic carbocycles. The second kappa shape index (κ2) is 8.56. The molecule has 146 valence electrons. The van der Waals surface area contributed by atoms with Gasteiger partial charge in [-0.15, -0.1) is 0 Å². The predicted octanol–water partition coefficient (Wildman–Crippen LogP) is 3.65. The Labute approximate surface area is 163 Å². The molecule has 7 nitrogen and oxygen atoms in total. The molecule has 0 aromatic heterocycles. The van der Waals surface area contributed by atoms with Gasteiger partial charge in [-0.25, -0.2) is 4.79 Å². The van der Waals surface area contributed by atoms with Crippen LogP contribution in [-0.2, 0) is 22.4 Å². The highest BCUT2D eigenvalue weighted by molar-refractivity contribution is 6.00. The Balaban J connectivity index is 1.65. The second-order valence-electron chi connectivity index (χ2n) is 6.79. The van der Waals surface area contributed by atoms with E-state index in [0.29, 0.717) is 24.3 Å². The van der Waals surface area contributed by atoms with E-state index in [9.17, 15) is 14.4 Å². The summed E-state index contributed by atoms with van der Waals surface area (Å²) in [5.74, 6) is -0.839. The Morgan fingerprint density at radius 2 is 1.82 bits per heavy atom. The van der Waals surface area contributed by atoms with Gasteiger partial charge in [0.1, 0.15) is 0 Å². The molecule has 0 radical (unpaired) electrons. The van der Waals surface area contributed by atoms with Gasteiger partial charge in [0.2, 0.25) is 5.91 Å². The molecule has 0 bridgehead atoms. The summed E-state index contributed by atoms with van der Waals surface area (Å²) in [6.45, 7) is 2.27. The summed E-state index contributed by atoms with van der Waals surface area (Å²) in [6, 6.07) is 12.3. The maximum atomic E-state index is 12.3. The van der Waals surface area contributed by atoms with Crippen LogP contribution in [0.25, 0.3) is 0 Å². The van der Waals surface area contributed by atoms with E-state index < -0.39 is 5.97 Å². The number of amides is 3. The highest BCUT2D eigenvalue weighted by Gasteiger charge is 2.20. The number of carbonyl (C=O) groups excluding carboxylic acids is 2. The van der Waals surface area contributed by atoms with Crippen LogP contribution in [0.2, 0.25) is 0 Å². The van der Waals surface area contributed by atoms with Crippen LogP contribution in [0.3, 0.4) is 0 Å². The number of nitrogens with one attached hydrogen (secondary N) is 2. The first kappa shape index (κ1) is 19.4. The van der Waals surface area contributed by atoms with E-state index in [1.54, 1.807) is 36.1 Å². The highest BCUT2D eigenvalue weighted by atomic mass is 16.4. The number of benzene rings is 2. The summed E-state index contributed by atoms with van der Waals surface area (Å²) >= 11 is 0. The molecule has 3 rings (SSSR count). The maximum Gasteiger partial charge on any atom is 0.323 e. The summed E-state index contributed by atoms with van der Waals surface area (Å²) in [5, 5.41) is 14.4. The van der Waals surface area contributed by atoms with Crippen molar-refractivity contribution in [3.8, 4) is 0 Å². The van der Waals surface area contributed by atoms with Crippen molar-refractivity contribution in [2.45, 2.75) is 32.6 Å². The molecule has 2 aromatic rings. The predicted molar refractivity (Wildman–Crippen MR) is 108 cm³/mol. The maximum absolute atomic E-state index is 12.3. The van der Waals surface area contributed by atoms with Gasteiger partial charge in [0.15, 0.2) is 0 Å². The molecule has 3 amide bonds. The van der Waals surface area contributed by atoms with Gasteiger partial charge < -0.3 is 20.6 Å². The van der Waals surface area contributed by atoms with Crippen LogP contribution >= 0.6 is 0 Å². The first-order chi connectivity index (χ1) is 13.4. The number of anilines is 3. The molecule has 0 unspecified atom stereocenters. The lowest BCUT2D eigenvalue weighted by Crippen LogP contribution is -2.33. The summed E-state index contributed by atoms with van der Waals surface area (Å²) in [7, 11) is 0. The number of hydrogen-bond donors (Lipinski definition) is 3. The minimum absolute atomic E-state index is 0.0159. The number of urea groups is 1. The molecule has 3 N–H and O–H groups in total. The summed E-state index contributed by atoms with van der Waals surface area (Å²) in [5.41, 5.74) is 4.04. The van der Waals surface area contributed by atoms with Crippen molar-refractivity contribution in [2.75, 3.05) is 22.1 Å². The second-order valence-corrected chi connectivity index (χ2v) is 6.79. The highest BCUT2D eigenvalue weighted by Crippen LogP contribution is 2.29. The fourth-order valence-electron chi connectivity index (χ4n) is 3.35. The number of carboxylic acid groups (broad SMARTS) is 1. The molecule has 2 aromatic carbocycles. The molecule has 7 heteroatoms. The lowest BCUT2D eigenvalue weighted by atomic mass is 10.0. The molecule has 1 aliphatic rings. The minimum atomic E-state index is -0.855. The summed E-state index contributed by atoms with van der Waals surface area (Å²) in [6.07, 6.45) is 2.21. The first-order valence-electron chi connectivity index (χ1n) is 9.22. The smallest absolute Gasteiger partial charge is 0.323 e. The van der Waals surface area contributed by atoms with E-state index >= 15 is 0 Å². The molecule has 1 heterocycles. The van der Waals surface area contributed by atoms with E-state index in [2.05, 4.69) is 10.6 Å². The lowest BCUT2D eigenvalue weighted by Gasteiger charge is -2.29. The molecule has 0 atom stereocenters. The monoisotopic (exact) mass is 381 g/mol. The zero-order valence-electron chi connectivity index (χ0n) is 15.7. The fourth-order valence-corrected chi connectivity index (χ4v) is 3.35. The van der Waals surface area contributed by atoms with Crippen LogP contribution in [0.4, 0.5) is 21.9 Å². The Bertz CT molecular complexity index is 910. The van der Waals surface area contributed by atoms with Crippen molar-refractivity contribution in [2.24, 2.45) is 0 Å². The largest absolute Gasteiger partial charge is 0.481 e. The van der Waals surface area contributed by atoms with Crippen molar-refractivity contribution in [3.63, 3.8) is 0 Å². The van der Waals surface area contributed by atoms with Gasteiger partial charge in [-0.1, -0.05) is 12.1 Å². The van der Waals surface area contributed by atoms with Gasteiger partial charge in [0, 0.05) is 37.0 Å². The van der Waals surface area contributed by atoms with Gasteiger partial charge in [-0.05, 0) is 60.7 Å². The summed E-state index contributed by atoms with van der Waals surface area (Å²) in [4.78, 5) is 36.5. The number of hydrogen-bond acceptors (Lipinski definition) is 3. The van der Waals surface area contributed by atoms with Crippen LogP contribution < -0.4 is 15.5 Å². The van der Waals surface area contributed by atoms with E-state index in [4.69, 9.17) is 5.11 Å². The molecule has 0 saturated carbocycles. The van der Waals surface area contributed by atoms with Gasteiger partial charge >= 0.3 is 12.0 Å². The normalized spacial score (nSPS) is 12.8. The Kier molecular flexibility index (Phi) is 5.93. The summed E-state index contributed by atoms with van der Waals surface area (Å²) < 4.78 is 0. The van der Waals surface area contributed by atoms with Crippen molar-refractivity contribution >= 4 is 35.0 Å². The standard InChI is InChI=1S/C21H23N3O4/c1-14(25)24-11-3-5-16-13-18(8-9-19(16)24)23-21(28)22-17-6-2-4-15(12-17)7-10-20(26)27/h2,4,6,8-9,12-13H,3,5,7,10-11H2,1H3,(H,26,27)(H2,22,23,28). The average Bonchev–Trinajstić information content (AvgIpc) is 2.65. The number of nitrogens with zero attached hydrogens (tertiary/aromatic N) is 1. The van der Waals surface area contributed by atoms with E-state index in [1.165, 1.54) is 0 Å². The SMILES string of the molecule is CC(=O)N1CCCc2cc(NC(=O)Nc3cccc(CCC(=O)O)c3)ccc21. The first-order valence-corrected chi connectivity index (χ1v) is 9.22. The third kappa shape index (κ3) is 4.88. The molecule has 0 fully saturated rings. The molecular weight excluding hydrogens is 358 g/mol. The van der Waals surface area contributed by atoms with Crippen LogP contribution in [-0.4, -0.2) is 29.6 Å². The Morgan fingerprint density at radius 3 is 2.54 bits per heavy atom. The van der Waals surface area contributed by atoms with E-state index in [1.807, 2.05) is 18.2 Å². The zero-order valence-corrected chi connectivity index (χ0v) is 15.7. The zero-order chi connectivity index (χ0) is 20.1. The number of aryl methyl sites for hydroxylation is 2. The number of rotatable bonds is 5. The molecule has 0 saturated heterocycles. The molecule has 0 spiro atoms. The van der Waals surface area contributed by atoms with Gasteiger partial charge in [0.25, 0.3) is 0 Å². The van der Waals surface area contributed by atoms with E-state index in [-0.39, 0.29) is 18.4 Å². The number of aliphatic carboxylic acids is 1. The topological polar surface area (TPSA) is 98.7 Å². The van der Waals surface area contributed by atoms with Crippen LogP contribution in [0.1, 0.15) is 30.9 Å². The minimum Gasteiger partial charge on any atom is -0.481 e. The lowest BCUT2D eigenvalue weighted by molar-refractivity contribution is -0.137. The number of fused-ring (bicyclic) bond motifs is 1. The van der Waals surface area contributed by atoms with Crippen LogP contribution in [0, 0.1) is 0 Å².